The highest BCUT2D eigenvalue weighted by atomic mass is 16.5. The molecule has 116 valence electrons. The molecule has 0 aliphatic carbocycles. The largest absolute Gasteiger partial charge is 0.478 e. The van der Waals surface area contributed by atoms with E-state index in [0.717, 1.165) is 5.56 Å². The number of nitrogens with zero attached hydrogens (tertiary/aromatic N) is 1. The van der Waals surface area contributed by atoms with E-state index < -0.39 is 11.9 Å². The van der Waals surface area contributed by atoms with Crippen LogP contribution in [0.25, 0.3) is 0 Å². The summed E-state index contributed by atoms with van der Waals surface area (Å²) in [5.74, 6) is -1.18. The molecule has 0 saturated carbocycles. The Kier molecular flexibility index (Phi) is 6.76. The number of carbonyl (C=O) groups excluding carboxylic acids is 1. The molecule has 2 aromatic carbocycles. The van der Waals surface area contributed by atoms with E-state index in [1.165, 1.54) is 0 Å². The van der Waals surface area contributed by atoms with Gasteiger partial charge in [-0.15, -0.1) is 0 Å². The third-order valence-electron chi connectivity index (χ3n) is 2.63. The van der Waals surface area contributed by atoms with Crippen LogP contribution in [0.15, 0.2) is 66.7 Å². The van der Waals surface area contributed by atoms with E-state index in [9.17, 15) is 9.59 Å². The van der Waals surface area contributed by atoms with Crippen LogP contribution in [-0.2, 0) is 4.79 Å². The maximum absolute atomic E-state index is 11.1. The van der Waals surface area contributed by atoms with E-state index in [2.05, 4.69) is 6.58 Å². The molecule has 0 radical (unpaired) electrons. The van der Waals surface area contributed by atoms with Crippen LogP contribution in [0.3, 0.4) is 0 Å². The van der Waals surface area contributed by atoms with Crippen LogP contribution in [0, 0.1) is 18.3 Å². The molecular formula is C18H15NO4. The smallest absolute Gasteiger partial charge is 0.353 e. The zero-order valence-corrected chi connectivity index (χ0v) is 12.5. The average Bonchev–Trinajstić information content (AvgIpc) is 2.57. The quantitative estimate of drug-likeness (QED) is 0.406. The molecule has 2 rings (SSSR count). The Morgan fingerprint density at radius 3 is 2.09 bits per heavy atom. The fraction of sp³-hybridized carbons (Fsp3) is 0.0556. The predicted octanol–water partition coefficient (Wildman–Crippen LogP) is 3.37. The number of hydrogen-bond acceptors (Lipinski definition) is 4. The normalized spacial score (nSPS) is 8.87. The molecule has 5 nitrogen and oxygen atoms in total. The fourth-order valence-corrected chi connectivity index (χ4v) is 1.40. The molecule has 0 aliphatic rings. The molecule has 0 heterocycles. The zero-order chi connectivity index (χ0) is 17.2. The van der Waals surface area contributed by atoms with Crippen molar-refractivity contribution in [2.24, 2.45) is 0 Å². The van der Waals surface area contributed by atoms with E-state index >= 15 is 0 Å². The summed E-state index contributed by atoms with van der Waals surface area (Å²) in [6, 6.07) is 16.9. The monoisotopic (exact) mass is 309 g/mol. The van der Waals surface area contributed by atoms with Gasteiger partial charge in [0.25, 0.3) is 0 Å². The van der Waals surface area contributed by atoms with Crippen molar-refractivity contribution in [1.82, 2.24) is 0 Å². The molecule has 0 saturated heterocycles. The summed E-state index contributed by atoms with van der Waals surface area (Å²) in [5, 5.41) is 16.8. The summed E-state index contributed by atoms with van der Waals surface area (Å²) in [6.45, 7) is 5.18. The molecular weight excluding hydrogens is 294 g/mol. The van der Waals surface area contributed by atoms with Crippen molar-refractivity contribution in [2.75, 3.05) is 0 Å². The van der Waals surface area contributed by atoms with Crippen LogP contribution in [-0.4, -0.2) is 17.0 Å². The lowest BCUT2D eigenvalue weighted by Gasteiger charge is -2.01. The minimum atomic E-state index is -0.879. The Balaban J connectivity index is 0.000000253. The van der Waals surface area contributed by atoms with Gasteiger partial charge in [-0.2, -0.15) is 5.26 Å². The first-order valence-corrected chi connectivity index (χ1v) is 6.60. The highest BCUT2D eigenvalue weighted by Crippen LogP contribution is 2.12. The van der Waals surface area contributed by atoms with Crippen molar-refractivity contribution in [1.29, 1.82) is 5.26 Å². The van der Waals surface area contributed by atoms with Gasteiger partial charge in [-0.3, -0.25) is 0 Å². The minimum Gasteiger partial charge on any atom is -0.478 e. The maximum atomic E-state index is 11.1. The third kappa shape index (κ3) is 6.27. The molecule has 0 fully saturated rings. The summed E-state index contributed by atoms with van der Waals surface area (Å²) < 4.78 is 4.86. The molecule has 2 aromatic rings. The molecule has 0 spiro atoms. The van der Waals surface area contributed by atoms with Crippen LogP contribution in [0.2, 0.25) is 0 Å². The standard InChI is InChI=1S/C11H9NO2.C7H6O2/c1-8-3-5-10(6-4-8)14-11(13)9(2)7-12;8-7(9)6-4-2-1-3-5-6/h3-6H,2H2,1H3;1-5H,(H,8,9). The summed E-state index contributed by atoms with van der Waals surface area (Å²) in [5.41, 5.74) is 1.20. The number of esters is 1. The predicted molar refractivity (Wildman–Crippen MR) is 85.0 cm³/mol. The first kappa shape index (κ1) is 17.7. The van der Waals surface area contributed by atoms with Crippen LogP contribution >= 0.6 is 0 Å². The number of carboxylic acids is 1. The number of hydrogen-bond donors (Lipinski definition) is 1. The Morgan fingerprint density at radius 1 is 1.09 bits per heavy atom. The van der Waals surface area contributed by atoms with Crippen LogP contribution < -0.4 is 4.74 Å². The highest BCUT2D eigenvalue weighted by Gasteiger charge is 2.08. The van der Waals surface area contributed by atoms with Crippen molar-refractivity contribution >= 4 is 11.9 Å². The molecule has 0 atom stereocenters. The molecule has 0 aliphatic heterocycles. The molecule has 0 unspecified atom stereocenters. The van der Waals surface area contributed by atoms with E-state index in [4.69, 9.17) is 15.1 Å². The summed E-state index contributed by atoms with van der Waals surface area (Å²) in [4.78, 5) is 21.3. The molecule has 0 amide bonds. The molecule has 0 aromatic heterocycles. The van der Waals surface area contributed by atoms with Gasteiger partial charge in [0, 0.05) is 0 Å². The van der Waals surface area contributed by atoms with Gasteiger partial charge in [-0.25, -0.2) is 9.59 Å². The van der Waals surface area contributed by atoms with Gasteiger partial charge in [-0.05, 0) is 31.2 Å². The topological polar surface area (TPSA) is 87.4 Å². The van der Waals surface area contributed by atoms with E-state index in [-0.39, 0.29) is 5.57 Å². The second kappa shape index (κ2) is 8.80. The summed E-state index contributed by atoms with van der Waals surface area (Å²) >= 11 is 0. The van der Waals surface area contributed by atoms with Crippen molar-refractivity contribution < 1.29 is 19.4 Å². The van der Waals surface area contributed by atoms with Crippen molar-refractivity contribution in [3.63, 3.8) is 0 Å². The molecule has 5 heteroatoms. The third-order valence-corrected chi connectivity index (χ3v) is 2.63. The van der Waals surface area contributed by atoms with Crippen molar-refractivity contribution in [3.05, 3.63) is 77.9 Å². The van der Waals surface area contributed by atoms with Gasteiger partial charge in [0.05, 0.1) is 5.56 Å². The minimum absolute atomic E-state index is 0.203. The van der Waals surface area contributed by atoms with Gasteiger partial charge in [0.2, 0.25) is 0 Å². The number of benzene rings is 2. The van der Waals surface area contributed by atoms with E-state index in [0.29, 0.717) is 11.3 Å². The van der Waals surface area contributed by atoms with Gasteiger partial charge in [-0.1, -0.05) is 42.5 Å². The van der Waals surface area contributed by atoms with Gasteiger partial charge >= 0.3 is 11.9 Å². The Labute approximate surface area is 134 Å². The lowest BCUT2D eigenvalue weighted by Crippen LogP contribution is -2.08. The van der Waals surface area contributed by atoms with Gasteiger partial charge in [0.1, 0.15) is 17.4 Å². The first-order chi connectivity index (χ1) is 10.9. The lowest BCUT2D eigenvalue weighted by molar-refractivity contribution is -0.129. The second-order valence-corrected chi connectivity index (χ2v) is 4.46. The van der Waals surface area contributed by atoms with Crippen molar-refractivity contribution in [3.8, 4) is 11.8 Å². The number of ether oxygens (including phenoxy) is 1. The van der Waals surface area contributed by atoms with Gasteiger partial charge < -0.3 is 9.84 Å². The average molecular weight is 309 g/mol. The zero-order valence-electron chi connectivity index (χ0n) is 12.5. The second-order valence-electron chi connectivity index (χ2n) is 4.46. The Hall–Kier alpha value is -3.39. The van der Waals surface area contributed by atoms with E-state index in [1.807, 2.05) is 19.1 Å². The van der Waals surface area contributed by atoms with Crippen LogP contribution in [0.5, 0.6) is 5.75 Å². The Morgan fingerprint density at radius 2 is 1.65 bits per heavy atom. The highest BCUT2D eigenvalue weighted by molar-refractivity contribution is 5.93. The maximum Gasteiger partial charge on any atom is 0.353 e. The number of rotatable bonds is 3. The SMILES string of the molecule is C=C(C#N)C(=O)Oc1ccc(C)cc1.O=C(O)c1ccccc1. The summed E-state index contributed by atoms with van der Waals surface area (Å²) in [6.07, 6.45) is 0. The van der Waals surface area contributed by atoms with Crippen molar-refractivity contribution in [2.45, 2.75) is 6.92 Å². The fourth-order valence-electron chi connectivity index (χ4n) is 1.40. The van der Waals surface area contributed by atoms with E-state index in [1.54, 1.807) is 48.5 Å². The number of carbonyl (C=O) groups is 2. The van der Waals surface area contributed by atoms with Crippen LogP contribution in [0.4, 0.5) is 0 Å². The van der Waals surface area contributed by atoms with Gasteiger partial charge in [0.15, 0.2) is 0 Å². The molecule has 0 bridgehead atoms. The Bertz CT molecular complexity index is 728. The van der Waals surface area contributed by atoms with Crippen LogP contribution in [0.1, 0.15) is 15.9 Å². The first-order valence-electron chi connectivity index (χ1n) is 6.60. The summed E-state index contributed by atoms with van der Waals surface area (Å²) in [7, 11) is 0. The molecule has 23 heavy (non-hydrogen) atoms. The molecule has 1 N–H and O–H groups in total. The number of aryl methyl sites for hydroxylation is 1. The lowest BCUT2D eigenvalue weighted by atomic mass is 10.2. The number of carboxylic acid groups (broad SMARTS) is 1. The number of nitriles is 1. The number of aromatic carboxylic acids is 1.